The maximum atomic E-state index is 5.81. The lowest BCUT2D eigenvalue weighted by molar-refractivity contribution is 0.140. The van der Waals surface area contributed by atoms with E-state index in [0.29, 0.717) is 13.2 Å². The van der Waals surface area contributed by atoms with Crippen LogP contribution in [0.1, 0.15) is 0 Å². The minimum Gasteiger partial charge on any atom is -0.497 e. The second kappa shape index (κ2) is 4.51. The molecular weight excluding hydrogens is 194 g/mol. The monoisotopic (exact) mass is 209 g/mol. The molecule has 2 rings (SSSR count). The van der Waals surface area contributed by atoms with E-state index in [2.05, 4.69) is 0 Å². The smallest absolute Gasteiger partial charge is 0.139 e. The molecule has 0 amide bonds. The predicted molar refractivity (Wildman–Crippen MR) is 56.2 cm³/mol. The Morgan fingerprint density at radius 2 is 1.87 bits per heavy atom. The fourth-order valence-corrected chi connectivity index (χ4v) is 1.50. The summed E-state index contributed by atoms with van der Waals surface area (Å²) < 4.78 is 15.9. The van der Waals surface area contributed by atoms with Crippen LogP contribution in [0, 0.1) is 0 Å². The maximum Gasteiger partial charge on any atom is 0.139 e. The zero-order valence-electron chi connectivity index (χ0n) is 8.68. The van der Waals surface area contributed by atoms with E-state index < -0.39 is 0 Å². The van der Waals surface area contributed by atoms with Crippen molar-refractivity contribution < 1.29 is 14.2 Å². The van der Waals surface area contributed by atoms with E-state index in [-0.39, 0.29) is 12.1 Å². The van der Waals surface area contributed by atoms with Gasteiger partial charge in [-0.25, -0.2) is 0 Å². The Labute approximate surface area is 88.9 Å². The summed E-state index contributed by atoms with van der Waals surface area (Å²) in [4.78, 5) is 0. The number of ether oxygens (including phenoxy) is 3. The first-order valence-corrected chi connectivity index (χ1v) is 4.93. The Kier molecular flexibility index (Phi) is 3.08. The summed E-state index contributed by atoms with van der Waals surface area (Å²) in [6.07, 6.45) is -0.0432. The Morgan fingerprint density at radius 1 is 1.20 bits per heavy atom. The van der Waals surface area contributed by atoms with Gasteiger partial charge in [-0.2, -0.15) is 0 Å². The van der Waals surface area contributed by atoms with E-state index in [9.17, 15) is 0 Å². The number of methoxy groups -OCH3 is 1. The first-order valence-electron chi connectivity index (χ1n) is 4.93. The lowest BCUT2D eigenvalue weighted by Gasteiger charge is -2.15. The van der Waals surface area contributed by atoms with Crippen LogP contribution < -0.4 is 15.2 Å². The molecule has 1 saturated heterocycles. The second-order valence-electron chi connectivity index (χ2n) is 3.53. The summed E-state index contributed by atoms with van der Waals surface area (Å²) in [6, 6.07) is 7.41. The van der Waals surface area contributed by atoms with Gasteiger partial charge in [-0.05, 0) is 24.3 Å². The summed E-state index contributed by atoms with van der Waals surface area (Å²) in [7, 11) is 1.64. The number of benzene rings is 1. The topological polar surface area (TPSA) is 53.7 Å². The van der Waals surface area contributed by atoms with Gasteiger partial charge in [0, 0.05) is 0 Å². The molecule has 0 aromatic heterocycles. The molecule has 1 aliphatic heterocycles. The van der Waals surface area contributed by atoms with Crippen LogP contribution in [0.25, 0.3) is 0 Å². The molecule has 4 nitrogen and oxygen atoms in total. The molecule has 1 heterocycles. The molecule has 1 aromatic carbocycles. The minimum atomic E-state index is -0.0432. The van der Waals surface area contributed by atoms with E-state index in [1.807, 2.05) is 24.3 Å². The first-order chi connectivity index (χ1) is 7.29. The standard InChI is InChI=1S/C11H15NO3/c1-13-8-2-4-9(5-3-8)15-11-7-14-6-10(11)12/h2-5,10-11H,6-7,12H2,1H3/t10-,11-/m0/s1. The highest BCUT2D eigenvalue weighted by atomic mass is 16.5. The van der Waals surface area contributed by atoms with E-state index in [0.717, 1.165) is 11.5 Å². The lowest BCUT2D eigenvalue weighted by atomic mass is 10.2. The summed E-state index contributed by atoms with van der Waals surface area (Å²) in [5.74, 6) is 1.61. The third-order valence-corrected chi connectivity index (χ3v) is 2.42. The van der Waals surface area contributed by atoms with E-state index in [4.69, 9.17) is 19.9 Å². The lowest BCUT2D eigenvalue weighted by Crippen LogP contribution is -2.37. The van der Waals surface area contributed by atoms with Gasteiger partial charge in [0.25, 0.3) is 0 Å². The van der Waals surface area contributed by atoms with Crippen molar-refractivity contribution in [3.05, 3.63) is 24.3 Å². The highest BCUT2D eigenvalue weighted by Gasteiger charge is 2.26. The molecule has 1 aromatic rings. The van der Waals surface area contributed by atoms with Gasteiger partial charge in [0.15, 0.2) is 0 Å². The van der Waals surface area contributed by atoms with Gasteiger partial charge in [-0.3, -0.25) is 0 Å². The van der Waals surface area contributed by atoms with Crippen LogP contribution in [-0.2, 0) is 4.74 Å². The normalized spacial score (nSPS) is 25.2. The van der Waals surface area contributed by atoms with E-state index >= 15 is 0 Å². The number of hydrogen-bond acceptors (Lipinski definition) is 4. The highest BCUT2D eigenvalue weighted by molar-refractivity contribution is 5.31. The van der Waals surface area contributed by atoms with Gasteiger partial charge in [-0.1, -0.05) is 0 Å². The zero-order valence-corrected chi connectivity index (χ0v) is 8.68. The number of hydrogen-bond donors (Lipinski definition) is 1. The average Bonchev–Trinajstić information content (AvgIpc) is 2.66. The minimum absolute atomic E-state index is 0.0351. The van der Waals surface area contributed by atoms with Crippen molar-refractivity contribution in [1.29, 1.82) is 0 Å². The van der Waals surface area contributed by atoms with Gasteiger partial charge in [0.1, 0.15) is 17.6 Å². The fourth-order valence-electron chi connectivity index (χ4n) is 1.50. The molecule has 82 valence electrons. The molecule has 0 aliphatic carbocycles. The van der Waals surface area contributed by atoms with Crippen molar-refractivity contribution >= 4 is 0 Å². The van der Waals surface area contributed by atoms with E-state index in [1.54, 1.807) is 7.11 Å². The van der Waals surface area contributed by atoms with E-state index in [1.165, 1.54) is 0 Å². The molecule has 0 spiro atoms. The molecule has 0 saturated carbocycles. The molecular formula is C11H15NO3. The average molecular weight is 209 g/mol. The van der Waals surface area contributed by atoms with Crippen LogP contribution in [0.3, 0.4) is 0 Å². The van der Waals surface area contributed by atoms with Gasteiger partial charge in [0.2, 0.25) is 0 Å². The van der Waals surface area contributed by atoms with Gasteiger partial charge in [-0.15, -0.1) is 0 Å². The predicted octanol–water partition coefficient (Wildman–Crippen LogP) is 0.800. The third-order valence-electron chi connectivity index (χ3n) is 2.42. The third kappa shape index (κ3) is 2.40. The maximum absolute atomic E-state index is 5.81. The zero-order chi connectivity index (χ0) is 10.7. The van der Waals surface area contributed by atoms with Gasteiger partial charge < -0.3 is 19.9 Å². The van der Waals surface area contributed by atoms with Crippen molar-refractivity contribution in [2.45, 2.75) is 12.1 Å². The Bertz CT molecular complexity index is 312. The van der Waals surface area contributed by atoms with Crippen molar-refractivity contribution in [2.75, 3.05) is 20.3 Å². The van der Waals surface area contributed by atoms with Crippen molar-refractivity contribution in [3.8, 4) is 11.5 Å². The summed E-state index contributed by atoms with van der Waals surface area (Å²) in [5.41, 5.74) is 5.81. The van der Waals surface area contributed by atoms with Crippen LogP contribution in [0.15, 0.2) is 24.3 Å². The quantitative estimate of drug-likeness (QED) is 0.800. The molecule has 0 unspecified atom stereocenters. The van der Waals surface area contributed by atoms with Crippen LogP contribution in [0.4, 0.5) is 0 Å². The van der Waals surface area contributed by atoms with Crippen LogP contribution >= 0.6 is 0 Å². The van der Waals surface area contributed by atoms with Crippen molar-refractivity contribution in [2.24, 2.45) is 5.73 Å². The number of nitrogens with two attached hydrogens (primary N) is 1. The van der Waals surface area contributed by atoms with Crippen molar-refractivity contribution in [1.82, 2.24) is 0 Å². The molecule has 2 N–H and O–H groups in total. The van der Waals surface area contributed by atoms with Crippen LogP contribution in [-0.4, -0.2) is 32.5 Å². The van der Waals surface area contributed by atoms with Gasteiger partial charge in [0.05, 0.1) is 26.4 Å². The highest BCUT2D eigenvalue weighted by Crippen LogP contribution is 2.20. The fraction of sp³-hybridized carbons (Fsp3) is 0.455. The molecule has 0 bridgehead atoms. The summed E-state index contributed by atoms with van der Waals surface area (Å²) in [5, 5.41) is 0. The van der Waals surface area contributed by atoms with Crippen LogP contribution in [0.2, 0.25) is 0 Å². The molecule has 1 fully saturated rings. The second-order valence-corrected chi connectivity index (χ2v) is 3.53. The molecule has 15 heavy (non-hydrogen) atoms. The summed E-state index contributed by atoms with van der Waals surface area (Å²) in [6.45, 7) is 1.13. The van der Waals surface area contributed by atoms with Crippen molar-refractivity contribution in [3.63, 3.8) is 0 Å². The number of rotatable bonds is 3. The first kappa shape index (κ1) is 10.3. The van der Waals surface area contributed by atoms with Gasteiger partial charge >= 0.3 is 0 Å². The molecule has 0 radical (unpaired) electrons. The SMILES string of the molecule is COc1ccc(O[C@H]2COC[C@@H]2N)cc1. The molecule has 2 atom stereocenters. The Morgan fingerprint density at radius 3 is 2.40 bits per heavy atom. The molecule has 1 aliphatic rings. The summed E-state index contributed by atoms with van der Waals surface area (Å²) >= 11 is 0. The largest absolute Gasteiger partial charge is 0.497 e. The Hall–Kier alpha value is -1.26. The molecule has 4 heteroatoms. The van der Waals surface area contributed by atoms with Crippen LogP contribution in [0.5, 0.6) is 11.5 Å². The Balaban J connectivity index is 1.98.